The summed E-state index contributed by atoms with van der Waals surface area (Å²) in [6.07, 6.45) is -0.0861. The zero-order valence-corrected chi connectivity index (χ0v) is 18.2. The fourth-order valence-electron chi connectivity index (χ4n) is 3.74. The lowest BCUT2D eigenvalue weighted by Crippen LogP contribution is -2.70. The number of carboxylic acid groups (broad SMARTS) is 2. The summed E-state index contributed by atoms with van der Waals surface area (Å²) in [6, 6.07) is 8.02. The highest BCUT2D eigenvalue weighted by Crippen LogP contribution is 2.43. The van der Waals surface area contributed by atoms with Crippen molar-refractivity contribution in [3.8, 4) is 0 Å². The summed E-state index contributed by atoms with van der Waals surface area (Å²) in [5.74, 6) is -2.72. The first-order valence-electron chi connectivity index (χ1n) is 9.73. The molecule has 0 aliphatic carbocycles. The van der Waals surface area contributed by atoms with Gasteiger partial charge >= 0.3 is 11.9 Å². The van der Waals surface area contributed by atoms with Crippen LogP contribution in [-0.4, -0.2) is 50.1 Å². The number of rotatable bonds is 8. The van der Waals surface area contributed by atoms with Gasteiger partial charge in [-0.25, -0.2) is 4.79 Å². The highest BCUT2D eigenvalue weighted by atomic mass is 16.4. The van der Waals surface area contributed by atoms with Gasteiger partial charge in [0.05, 0.1) is 0 Å². The molecule has 7 heteroatoms. The van der Waals surface area contributed by atoms with Gasteiger partial charge in [0, 0.05) is 18.4 Å². The Balaban J connectivity index is 3.54. The molecule has 1 amide bonds. The summed E-state index contributed by atoms with van der Waals surface area (Å²) >= 11 is 0. The third kappa shape index (κ3) is 5.56. The van der Waals surface area contributed by atoms with Gasteiger partial charge in [-0.15, -0.1) is 0 Å². The maximum Gasteiger partial charge on any atom is 0.330 e. The predicted octanol–water partition coefficient (Wildman–Crippen LogP) is 2.92. The molecule has 0 saturated heterocycles. The van der Waals surface area contributed by atoms with Crippen LogP contribution in [0, 0.1) is 5.41 Å². The van der Waals surface area contributed by atoms with Gasteiger partial charge in [-0.3, -0.25) is 9.59 Å². The Hall–Kier alpha value is -2.41. The molecule has 0 unspecified atom stereocenters. The van der Waals surface area contributed by atoms with Gasteiger partial charge < -0.3 is 20.8 Å². The van der Waals surface area contributed by atoms with Crippen LogP contribution in [0.15, 0.2) is 30.3 Å². The lowest BCUT2D eigenvalue weighted by molar-refractivity contribution is -0.177. The SMILES string of the molecule is CC(C)(C)N(C(=O)CC[C@H](N)C(=O)O)[C@](Cc1ccccc1)(C(=O)O)C(C)(C)C. The molecular formula is C22H34N2O5. The van der Waals surface area contributed by atoms with Crippen LogP contribution >= 0.6 is 0 Å². The predicted molar refractivity (Wildman–Crippen MR) is 111 cm³/mol. The van der Waals surface area contributed by atoms with E-state index in [1.165, 1.54) is 4.90 Å². The highest BCUT2D eigenvalue weighted by molar-refractivity contribution is 5.89. The molecule has 0 saturated carbocycles. The largest absolute Gasteiger partial charge is 0.480 e. The van der Waals surface area contributed by atoms with Crippen LogP contribution in [0.1, 0.15) is 59.9 Å². The molecule has 1 aromatic rings. The van der Waals surface area contributed by atoms with Gasteiger partial charge in [0.15, 0.2) is 0 Å². The fraction of sp³-hybridized carbons (Fsp3) is 0.591. The second kappa shape index (κ2) is 8.95. The first-order valence-corrected chi connectivity index (χ1v) is 9.73. The molecule has 162 valence electrons. The van der Waals surface area contributed by atoms with Crippen molar-refractivity contribution in [2.45, 2.75) is 77.9 Å². The molecule has 2 atom stereocenters. The van der Waals surface area contributed by atoms with Gasteiger partial charge in [-0.05, 0) is 38.2 Å². The van der Waals surface area contributed by atoms with Crippen molar-refractivity contribution >= 4 is 17.8 Å². The molecule has 0 fully saturated rings. The molecule has 0 aromatic heterocycles. The standard InChI is InChI=1S/C22H34N2O5/c1-20(2,3)22(19(28)29,14-15-10-8-7-9-11-15)24(21(4,5)6)17(25)13-12-16(23)18(26)27/h7-11,16H,12-14,23H2,1-6H3,(H,26,27)(H,28,29)/t16-,22+/m0/s1. The fourth-order valence-corrected chi connectivity index (χ4v) is 3.74. The first-order chi connectivity index (χ1) is 13.1. The Labute approximate surface area is 172 Å². The minimum atomic E-state index is -1.54. The number of carbonyl (C=O) groups excluding carboxylic acids is 1. The van der Waals surface area contributed by atoms with E-state index in [1.807, 2.05) is 30.3 Å². The lowest BCUT2D eigenvalue weighted by atomic mass is 9.67. The quantitative estimate of drug-likeness (QED) is 0.610. The van der Waals surface area contributed by atoms with E-state index < -0.39 is 40.4 Å². The van der Waals surface area contributed by atoms with E-state index in [2.05, 4.69) is 0 Å². The van der Waals surface area contributed by atoms with Crippen LogP contribution in [0.4, 0.5) is 0 Å². The lowest BCUT2D eigenvalue weighted by Gasteiger charge is -2.54. The van der Waals surface area contributed by atoms with Crippen LogP contribution in [-0.2, 0) is 20.8 Å². The maximum absolute atomic E-state index is 13.3. The number of aliphatic carboxylic acids is 2. The van der Waals surface area contributed by atoms with E-state index in [9.17, 15) is 19.5 Å². The number of carboxylic acids is 2. The highest BCUT2D eigenvalue weighted by Gasteiger charge is 2.57. The van der Waals surface area contributed by atoms with Crippen molar-refractivity contribution in [2.24, 2.45) is 11.1 Å². The van der Waals surface area contributed by atoms with Crippen LogP contribution in [0.25, 0.3) is 0 Å². The van der Waals surface area contributed by atoms with E-state index in [0.29, 0.717) is 0 Å². The van der Waals surface area contributed by atoms with Crippen molar-refractivity contribution in [1.29, 1.82) is 0 Å². The van der Waals surface area contributed by atoms with E-state index in [0.717, 1.165) is 5.56 Å². The van der Waals surface area contributed by atoms with E-state index >= 15 is 0 Å². The van der Waals surface area contributed by atoms with Crippen LogP contribution in [0.3, 0.4) is 0 Å². The van der Waals surface area contributed by atoms with Gasteiger partial charge in [-0.1, -0.05) is 51.1 Å². The third-order valence-electron chi connectivity index (χ3n) is 5.19. The number of nitrogens with zero attached hydrogens (tertiary/aromatic N) is 1. The molecule has 0 bridgehead atoms. The summed E-state index contributed by atoms with van der Waals surface area (Å²) in [4.78, 5) is 38.6. The van der Waals surface area contributed by atoms with Gasteiger partial charge in [0.25, 0.3) is 0 Å². The normalized spacial score (nSPS) is 15.3. The Morgan fingerprint density at radius 2 is 1.52 bits per heavy atom. The number of carbonyl (C=O) groups is 3. The number of benzene rings is 1. The average molecular weight is 407 g/mol. The van der Waals surface area contributed by atoms with E-state index in [4.69, 9.17) is 10.8 Å². The molecule has 29 heavy (non-hydrogen) atoms. The van der Waals surface area contributed by atoms with Gasteiger partial charge in [0.2, 0.25) is 5.91 Å². The van der Waals surface area contributed by atoms with Crippen LogP contribution in [0.2, 0.25) is 0 Å². The molecule has 0 heterocycles. The maximum atomic E-state index is 13.3. The molecule has 0 aliphatic rings. The molecule has 0 spiro atoms. The number of amides is 1. The minimum absolute atomic E-state index is 0.0636. The van der Waals surface area contributed by atoms with Crippen molar-refractivity contribution in [3.63, 3.8) is 0 Å². The third-order valence-corrected chi connectivity index (χ3v) is 5.19. The smallest absolute Gasteiger partial charge is 0.330 e. The molecule has 1 aromatic carbocycles. The summed E-state index contributed by atoms with van der Waals surface area (Å²) in [6.45, 7) is 10.8. The Kier molecular flexibility index (Phi) is 7.60. The summed E-state index contributed by atoms with van der Waals surface area (Å²) < 4.78 is 0. The Morgan fingerprint density at radius 1 is 1.00 bits per heavy atom. The first kappa shape index (κ1) is 24.6. The molecule has 7 nitrogen and oxygen atoms in total. The number of hydrogen-bond acceptors (Lipinski definition) is 4. The topological polar surface area (TPSA) is 121 Å². The van der Waals surface area contributed by atoms with Crippen molar-refractivity contribution in [2.75, 3.05) is 0 Å². The number of hydrogen-bond donors (Lipinski definition) is 3. The van der Waals surface area contributed by atoms with Crippen molar-refractivity contribution in [3.05, 3.63) is 35.9 Å². The van der Waals surface area contributed by atoms with E-state index in [-0.39, 0.29) is 19.3 Å². The van der Waals surface area contributed by atoms with Crippen molar-refractivity contribution < 1.29 is 24.6 Å². The minimum Gasteiger partial charge on any atom is -0.480 e. The second-order valence-corrected chi connectivity index (χ2v) is 9.46. The Bertz CT molecular complexity index is 734. The monoisotopic (exact) mass is 406 g/mol. The summed E-state index contributed by atoms with van der Waals surface area (Å²) in [7, 11) is 0. The van der Waals surface area contributed by atoms with Crippen LogP contribution in [0.5, 0.6) is 0 Å². The molecular weight excluding hydrogens is 372 g/mol. The van der Waals surface area contributed by atoms with Crippen LogP contribution < -0.4 is 5.73 Å². The Morgan fingerprint density at radius 3 is 1.90 bits per heavy atom. The zero-order chi connectivity index (χ0) is 22.6. The summed E-state index contributed by atoms with van der Waals surface area (Å²) in [5.41, 5.74) is 3.19. The summed E-state index contributed by atoms with van der Waals surface area (Å²) in [5, 5.41) is 19.5. The molecule has 1 rings (SSSR count). The second-order valence-electron chi connectivity index (χ2n) is 9.46. The average Bonchev–Trinajstić information content (AvgIpc) is 2.57. The number of nitrogens with two attached hydrogens (primary N) is 1. The van der Waals surface area contributed by atoms with Gasteiger partial charge in [-0.2, -0.15) is 0 Å². The van der Waals surface area contributed by atoms with E-state index in [1.54, 1.807) is 41.5 Å². The molecule has 4 N–H and O–H groups in total. The van der Waals surface area contributed by atoms with Gasteiger partial charge in [0.1, 0.15) is 11.6 Å². The molecule has 0 aliphatic heterocycles. The van der Waals surface area contributed by atoms with Crippen molar-refractivity contribution in [1.82, 2.24) is 4.90 Å². The molecule has 0 radical (unpaired) electrons. The zero-order valence-electron chi connectivity index (χ0n) is 18.2.